The number of carbonyl (C=O) groups excluding carboxylic acids is 2. The van der Waals surface area contributed by atoms with Crippen LogP contribution in [0.15, 0.2) is 60.7 Å². The fraction of sp³-hybridized carbons (Fsp3) is 0.435. The normalized spacial score (nSPS) is 17.5. The Morgan fingerprint density at radius 1 is 0.667 bits per heavy atom. The average molecular weight is 866 g/mol. The highest BCUT2D eigenvalue weighted by atomic mass is 35.5. The molecule has 0 fully saturated rings. The van der Waals surface area contributed by atoms with Crippen LogP contribution in [0.5, 0.6) is 23.0 Å². The van der Waals surface area contributed by atoms with E-state index in [0.29, 0.717) is 57.4 Å². The SMILES string of the molecule is CCOc1cc(O[C@H]2CCc3c(-c4cccc5c4CC[C@@H]5Oc4cc(OCC)c(CN[C@H](C(=O)OC)[C@@H](C)O)cc4Cl)cccc32)c(Cl)cc1CN[C@H](C(=O)OC)[C@@H](C)O. The van der Waals surface area contributed by atoms with Crippen molar-refractivity contribution in [1.29, 1.82) is 0 Å². The summed E-state index contributed by atoms with van der Waals surface area (Å²) in [6, 6.07) is 18.0. The Hall–Kier alpha value is -4.56. The Balaban J connectivity index is 1.21. The highest BCUT2D eigenvalue weighted by molar-refractivity contribution is 6.32. The van der Waals surface area contributed by atoms with Crippen molar-refractivity contribution in [2.45, 2.75) is 103 Å². The summed E-state index contributed by atoms with van der Waals surface area (Å²) in [5, 5.41) is 27.2. The number of rotatable bonds is 19. The Labute approximate surface area is 361 Å². The fourth-order valence-corrected chi connectivity index (χ4v) is 8.53. The molecule has 4 aromatic carbocycles. The first-order valence-electron chi connectivity index (χ1n) is 20.3. The number of fused-ring (bicyclic) bond motifs is 2. The molecule has 6 atom stereocenters. The maximum absolute atomic E-state index is 12.2. The standard InChI is InChI=1S/C46H54Cl2N2O10/c1-7-57-39-21-41(35(47)19-27(39)23-49-43(25(3)51)45(53)55-5)59-37-17-15-31-29(11-9-13-33(31)37)30-12-10-14-34-32(30)16-18-38(34)60-42-22-40(58-8-2)28(20-36(42)48)24-50-44(26(4)52)46(54)56-6/h9-14,19-22,25-26,37-38,43-44,49-52H,7-8,15-18,23-24H2,1-6H3/t25-,26-,37+,38+,43+,44+/m1/s1. The lowest BCUT2D eigenvalue weighted by Gasteiger charge is -2.22. The molecule has 60 heavy (non-hydrogen) atoms. The van der Waals surface area contributed by atoms with Crippen LogP contribution in [-0.4, -0.2) is 73.9 Å². The van der Waals surface area contributed by atoms with Gasteiger partial charge in [-0.25, -0.2) is 0 Å². The van der Waals surface area contributed by atoms with Crippen molar-refractivity contribution in [3.63, 3.8) is 0 Å². The Morgan fingerprint density at radius 3 is 1.42 bits per heavy atom. The van der Waals surface area contributed by atoms with Crippen LogP contribution >= 0.6 is 23.2 Å². The van der Waals surface area contributed by atoms with Gasteiger partial charge >= 0.3 is 11.9 Å². The van der Waals surface area contributed by atoms with E-state index in [-0.39, 0.29) is 25.3 Å². The maximum atomic E-state index is 12.2. The molecule has 0 unspecified atom stereocenters. The van der Waals surface area contributed by atoms with Crippen LogP contribution in [-0.2, 0) is 45.0 Å². The zero-order valence-electron chi connectivity index (χ0n) is 34.8. The van der Waals surface area contributed by atoms with Crippen LogP contribution in [0.3, 0.4) is 0 Å². The van der Waals surface area contributed by atoms with Gasteiger partial charge in [0, 0.05) is 36.3 Å². The minimum Gasteiger partial charge on any atom is -0.493 e. The predicted octanol–water partition coefficient (Wildman–Crippen LogP) is 7.61. The summed E-state index contributed by atoms with van der Waals surface area (Å²) in [5.74, 6) is 0.979. The molecule has 0 aromatic heterocycles. The van der Waals surface area contributed by atoms with Gasteiger partial charge in [-0.05, 0) is 98.9 Å². The van der Waals surface area contributed by atoms with Crippen LogP contribution in [0.25, 0.3) is 11.1 Å². The molecule has 0 radical (unpaired) electrons. The average Bonchev–Trinajstić information content (AvgIpc) is 3.84. The minimum absolute atomic E-state index is 0.208. The first-order valence-corrected chi connectivity index (χ1v) is 21.1. The van der Waals surface area contributed by atoms with Crippen molar-refractivity contribution in [2.75, 3.05) is 27.4 Å². The molecular weight excluding hydrogens is 811 g/mol. The number of nitrogens with one attached hydrogen (secondary N) is 2. The second kappa shape index (κ2) is 20.3. The summed E-state index contributed by atoms with van der Waals surface area (Å²) in [7, 11) is 2.56. The highest BCUT2D eigenvalue weighted by Crippen LogP contribution is 2.47. The number of aliphatic hydroxyl groups excluding tert-OH is 2. The number of esters is 2. The quantitative estimate of drug-likeness (QED) is 0.0687. The van der Waals surface area contributed by atoms with Crippen LogP contribution in [0.2, 0.25) is 10.0 Å². The zero-order valence-corrected chi connectivity index (χ0v) is 36.3. The maximum Gasteiger partial charge on any atom is 0.325 e. The van der Waals surface area contributed by atoms with Gasteiger partial charge in [0.15, 0.2) is 0 Å². The summed E-state index contributed by atoms with van der Waals surface area (Å²) in [6.07, 6.45) is 0.763. The third kappa shape index (κ3) is 9.96. The van der Waals surface area contributed by atoms with Crippen molar-refractivity contribution in [2.24, 2.45) is 0 Å². The summed E-state index contributed by atoms with van der Waals surface area (Å²) >= 11 is 13.7. The molecule has 4 N–H and O–H groups in total. The number of carbonyl (C=O) groups is 2. The second-order valence-corrected chi connectivity index (χ2v) is 15.7. The van der Waals surface area contributed by atoms with Gasteiger partial charge in [-0.15, -0.1) is 0 Å². The number of methoxy groups -OCH3 is 2. The number of hydrogen-bond donors (Lipinski definition) is 4. The Kier molecular flexibility index (Phi) is 15.2. The molecule has 0 bridgehead atoms. The van der Waals surface area contributed by atoms with E-state index in [1.165, 1.54) is 39.2 Å². The molecule has 0 amide bonds. The van der Waals surface area contributed by atoms with Gasteiger partial charge in [0.2, 0.25) is 0 Å². The molecule has 14 heteroatoms. The fourth-order valence-electron chi connectivity index (χ4n) is 8.07. The van der Waals surface area contributed by atoms with Crippen LogP contribution in [0.4, 0.5) is 0 Å². The second-order valence-electron chi connectivity index (χ2n) is 14.9. The molecule has 6 rings (SSSR count). The van der Waals surface area contributed by atoms with E-state index >= 15 is 0 Å². The van der Waals surface area contributed by atoms with Gasteiger partial charge in [0.05, 0.1) is 49.7 Å². The van der Waals surface area contributed by atoms with Crippen LogP contribution in [0, 0.1) is 0 Å². The molecule has 0 saturated carbocycles. The summed E-state index contributed by atoms with van der Waals surface area (Å²) < 4.78 is 34.9. The molecule has 2 aliphatic carbocycles. The largest absolute Gasteiger partial charge is 0.493 e. The molecule has 4 aromatic rings. The molecule has 322 valence electrons. The van der Waals surface area contributed by atoms with Crippen LogP contribution < -0.4 is 29.6 Å². The summed E-state index contributed by atoms with van der Waals surface area (Å²) in [5.41, 5.74) is 8.41. The lowest BCUT2D eigenvalue weighted by molar-refractivity contribution is -0.146. The van der Waals surface area contributed by atoms with E-state index in [2.05, 4.69) is 47.0 Å². The number of hydrogen-bond acceptors (Lipinski definition) is 12. The van der Waals surface area contributed by atoms with Crippen molar-refractivity contribution < 1.29 is 48.2 Å². The van der Waals surface area contributed by atoms with E-state index in [0.717, 1.165) is 47.9 Å². The third-order valence-electron chi connectivity index (χ3n) is 11.0. The zero-order chi connectivity index (χ0) is 43.1. The van der Waals surface area contributed by atoms with Crippen LogP contribution in [0.1, 0.15) is 86.1 Å². The first kappa shape index (κ1) is 45.0. The monoisotopic (exact) mass is 864 g/mol. The van der Waals surface area contributed by atoms with Crippen molar-refractivity contribution in [3.05, 3.63) is 104 Å². The van der Waals surface area contributed by atoms with Gasteiger partial charge < -0.3 is 38.6 Å². The Morgan fingerprint density at radius 2 is 1.07 bits per heavy atom. The van der Waals surface area contributed by atoms with E-state index in [1.807, 2.05) is 13.8 Å². The van der Waals surface area contributed by atoms with Gasteiger partial charge in [-0.1, -0.05) is 59.6 Å². The first-order chi connectivity index (χ1) is 28.9. The lowest BCUT2D eigenvalue weighted by atomic mass is 9.91. The minimum atomic E-state index is -0.967. The molecule has 0 saturated heterocycles. The van der Waals surface area contributed by atoms with Gasteiger partial charge in [0.25, 0.3) is 0 Å². The topological polar surface area (TPSA) is 154 Å². The summed E-state index contributed by atoms with van der Waals surface area (Å²) in [6.45, 7) is 8.05. The predicted molar refractivity (Wildman–Crippen MR) is 229 cm³/mol. The molecule has 0 spiro atoms. The van der Waals surface area contributed by atoms with E-state index < -0.39 is 36.2 Å². The van der Waals surface area contributed by atoms with E-state index in [9.17, 15) is 19.8 Å². The highest BCUT2D eigenvalue weighted by Gasteiger charge is 2.32. The molecule has 0 aliphatic heterocycles. The number of halogens is 2. The lowest BCUT2D eigenvalue weighted by Crippen LogP contribution is -2.45. The third-order valence-corrected chi connectivity index (χ3v) is 11.6. The number of ether oxygens (including phenoxy) is 6. The molecular formula is C46H54Cl2N2O10. The van der Waals surface area contributed by atoms with Gasteiger partial charge in [-0.2, -0.15) is 0 Å². The van der Waals surface area contributed by atoms with Crippen molar-refractivity contribution in [1.82, 2.24) is 10.6 Å². The molecule has 2 aliphatic rings. The van der Waals surface area contributed by atoms with Crippen molar-refractivity contribution >= 4 is 35.1 Å². The van der Waals surface area contributed by atoms with E-state index in [4.69, 9.17) is 51.6 Å². The van der Waals surface area contributed by atoms with E-state index in [1.54, 1.807) is 24.3 Å². The van der Waals surface area contributed by atoms with Crippen molar-refractivity contribution in [3.8, 4) is 34.1 Å². The van der Waals surface area contributed by atoms with Gasteiger partial charge in [-0.3, -0.25) is 20.2 Å². The number of aliphatic hydroxyl groups is 2. The van der Waals surface area contributed by atoms with Gasteiger partial charge in [0.1, 0.15) is 47.3 Å². The number of benzene rings is 4. The molecule has 0 heterocycles. The molecule has 12 nitrogen and oxygen atoms in total. The Bertz CT molecular complexity index is 2010. The summed E-state index contributed by atoms with van der Waals surface area (Å²) in [4.78, 5) is 24.4. The smallest absolute Gasteiger partial charge is 0.325 e.